The molecule has 1 aliphatic heterocycles. The zero-order chi connectivity index (χ0) is 19.4. The lowest BCUT2D eigenvalue weighted by molar-refractivity contribution is 0.173. The molecule has 0 amide bonds. The number of likely N-dealkylation sites (tertiary alicyclic amines) is 1. The molecule has 1 atom stereocenters. The number of nitrogens with zero attached hydrogens (tertiary/aromatic N) is 3. The molecule has 2 aromatic heterocycles. The molecule has 0 spiro atoms. The maximum absolute atomic E-state index is 13.4. The second kappa shape index (κ2) is 9.00. The predicted octanol–water partition coefficient (Wildman–Crippen LogP) is 3.84. The number of hydrogen-bond donors (Lipinski definition) is 2. The van der Waals surface area contributed by atoms with Gasteiger partial charge < -0.3 is 14.8 Å². The summed E-state index contributed by atoms with van der Waals surface area (Å²) in [6.45, 7) is 1.50. The van der Waals surface area contributed by atoms with Crippen molar-refractivity contribution in [3.8, 4) is 6.07 Å². The molecule has 4 rings (SSSR count). The monoisotopic (exact) mass is 438 g/mol. The van der Waals surface area contributed by atoms with Gasteiger partial charge in [-0.25, -0.2) is 9.37 Å². The van der Waals surface area contributed by atoms with Crippen molar-refractivity contribution >= 4 is 32.7 Å². The summed E-state index contributed by atoms with van der Waals surface area (Å²) in [6.07, 6.45) is 5.99. The molecule has 8 heteroatoms. The molecule has 1 saturated carbocycles. The van der Waals surface area contributed by atoms with Crippen molar-refractivity contribution in [1.82, 2.24) is 9.88 Å². The smallest absolute Gasteiger partial charge is 0.204 e. The largest absolute Gasteiger partial charge is 0.444 e. The first kappa shape index (κ1) is 20.1. The van der Waals surface area contributed by atoms with E-state index in [0.29, 0.717) is 30.6 Å². The Balaban J connectivity index is 0.00000102. The van der Waals surface area contributed by atoms with Crippen molar-refractivity contribution in [3.63, 3.8) is 0 Å². The highest BCUT2D eigenvalue weighted by molar-refractivity contribution is 9.10. The van der Waals surface area contributed by atoms with Gasteiger partial charge in [0.05, 0.1) is 10.7 Å². The first-order valence-corrected chi connectivity index (χ1v) is 10.0. The molecule has 1 saturated heterocycles. The zero-order valence-corrected chi connectivity index (χ0v) is 16.9. The lowest BCUT2D eigenvalue weighted by atomic mass is 9.90. The van der Waals surface area contributed by atoms with Gasteiger partial charge in [-0.2, -0.15) is 5.26 Å². The summed E-state index contributed by atoms with van der Waals surface area (Å²) in [5.41, 5.74) is 0.604. The van der Waals surface area contributed by atoms with Crippen LogP contribution in [0, 0.1) is 11.3 Å². The number of furan rings is 1. The molecule has 0 radical (unpaired) electrons. The second-order valence-electron chi connectivity index (χ2n) is 6.95. The highest BCUT2D eigenvalue weighted by atomic mass is 79.9. The number of aliphatic hydroxyl groups excluding tert-OH is 1. The maximum atomic E-state index is 13.4. The third-order valence-electron chi connectivity index (χ3n) is 5.34. The summed E-state index contributed by atoms with van der Waals surface area (Å²) in [5, 5.41) is 20.3. The van der Waals surface area contributed by atoms with E-state index in [1.807, 2.05) is 6.07 Å². The molecule has 1 unspecified atom stereocenters. The van der Waals surface area contributed by atoms with E-state index in [-0.39, 0.29) is 5.76 Å². The number of rotatable bonds is 3. The van der Waals surface area contributed by atoms with Crippen LogP contribution in [0.15, 0.2) is 21.2 Å². The number of nitrogens with one attached hydrogen (secondary N) is 1. The summed E-state index contributed by atoms with van der Waals surface area (Å²) >= 11 is 3.58. The summed E-state index contributed by atoms with van der Waals surface area (Å²) in [5.74, 6) is 1.07. The van der Waals surface area contributed by atoms with E-state index in [4.69, 9.17) is 14.8 Å². The number of aliphatic hydroxyl groups is 1. The van der Waals surface area contributed by atoms with E-state index in [9.17, 15) is 4.39 Å². The molecule has 27 heavy (non-hydrogen) atoms. The minimum atomic E-state index is -0.643. The average molecular weight is 439 g/mol. The van der Waals surface area contributed by atoms with Crippen LogP contribution in [0.25, 0.3) is 11.0 Å². The number of alkyl halides is 1. The SMILES string of the molecule is CO.N#Cc1cc2c(Br)c(NC3CCC(N4CCC(F)C4)CC3)ncc2o1. The number of anilines is 1. The molecule has 3 heterocycles. The van der Waals surface area contributed by atoms with Crippen LogP contribution in [0.4, 0.5) is 10.2 Å². The van der Waals surface area contributed by atoms with Crippen LogP contribution in [0.5, 0.6) is 0 Å². The highest BCUT2D eigenvalue weighted by Crippen LogP contribution is 2.34. The van der Waals surface area contributed by atoms with Crippen LogP contribution in [-0.2, 0) is 0 Å². The van der Waals surface area contributed by atoms with Crippen LogP contribution in [0.3, 0.4) is 0 Å². The Labute approximate surface area is 166 Å². The second-order valence-corrected chi connectivity index (χ2v) is 7.74. The Morgan fingerprint density at radius 1 is 1.33 bits per heavy atom. The molecular formula is C19H24BrFN4O2. The Bertz CT molecular complexity index is 814. The van der Waals surface area contributed by atoms with Gasteiger partial charge in [0, 0.05) is 43.7 Å². The Morgan fingerprint density at radius 2 is 2.07 bits per heavy atom. The van der Waals surface area contributed by atoms with Gasteiger partial charge in [0.15, 0.2) is 5.58 Å². The number of halogens is 2. The van der Waals surface area contributed by atoms with Gasteiger partial charge in [0.2, 0.25) is 5.76 Å². The molecule has 6 nitrogen and oxygen atoms in total. The van der Waals surface area contributed by atoms with Crippen molar-refractivity contribution in [2.24, 2.45) is 0 Å². The van der Waals surface area contributed by atoms with E-state index >= 15 is 0 Å². The van der Waals surface area contributed by atoms with Gasteiger partial charge in [-0.15, -0.1) is 0 Å². The standard InChI is InChI=1S/C18H20BrFN4O.CH4O/c19-17-15-7-14(8-21)25-16(15)9-22-18(17)23-12-1-3-13(4-2-12)24-6-5-11(20)10-24;1-2/h7,9,11-13H,1-6,10H2,(H,22,23);2H,1H3. The van der Waals surface area contributed by atoms with Crippen molar-refractivity contribution in [3.05, 3.63) is 22.5 Å². The molecule has 2 aliphatic rings. The van der Waals surface area contributed by atoms with Gasteiger partial charge in [-0.1, -0.05) is 0 Å². The van der Waals surface area contributed by atoms with E-state index in [0.717, 1.165) is 55.0 Å². The molecule has 2 fully saturated rings. The van der Waals surface area contributed by atoms with Crippen LogP contribution in [0.2, 0.25) is 0 Å². The molecular weight excluding hydrogens is 415 g/mol. The van der Waals surface area contributed by atoms with Crippen LogP contribution < -0.4 is 5.32 Å². The highest BCUT2D eigenvalue weighted by Gasteiger charge is 2.31. The number of aromatic nitrogens is 1. The predicted molar refractivity (Wildman–Crippen MR) is 105 cm³/mol. The third-order valence-corrected chi connectivity index (χ3v) is 6.15. The van der Waals surface area contributed by atoms with Crippen molar-refractivity contribution < 1.29 is 13.9 Å². The fraction of sp³-hybridized carbons (Fsp3) is 0.579. The van der Waals surface area contributed by atoms with Crippen molar-refractivity contribution in [2.45, 2.75) is 50.4 Å². The minimum Gasteiger partial charge on any atom is -0.444 e. The molecule has 2 aromatic rings. The Hall–Kier alpha value is -1.69. The van der Waals surface area contributed by atoms with Gasteiger partial charge in [-0.05, 0) is 48.0 Å². The molecule has 2 N–H and O–H groups in total. The first-order valence-electron chi connectivity index (χ1n) is 9.21. The molecule has 0 aromatic carbocycles. The van der Waals surface area contributed by atoms with Gasteiger partial charge in [-0.3, -0.25) is 4.90 Å². The van der Waals surface area contributed by atoms with Gasteiger partial charge in [0.1, 0.15) is 18.1 Å². The fourth-order valence-electron chi connectivity index (χ4n) is 3.99. The van der Waals surface area contributed by atoms with Crippen LogP contribution >= 0.6 is 15.9 Å². The molecule has 146 valence electrons. The van der Waals surface area contributed by atoms with Crippen molar-refractivity contribution in [1.29, 1.82) is 5.26 Å². The average Bonchev–Trinajstić information content (AvgIpc) is 3.33. The van der Waals surface area contributed by atoms with Crippen molar-refractivity contribution in [2.75, 3.05) is 25.5 Å². The Kier molecular flexibility index (Phi) is 6.68. The first-order chi connectivity index (χ1) is 13.1. The number of hydrogen-bond acceptors (Lipinski definition) is 6. The van der Waals surface area contributed by atoms with Gasteiger partial charge in [0.25, 0.3) is 0 Å². The third kappa shape index (κ3) is 4.42. The zero-order valence-electron chi connectivity index (χ0n) is 15.3. The molecule has 0 bridgehead atoms. The normalized spacial score (nSPS) is 25.7. The minimum absolute atomic E-state index is 0.284. The lowest BCUT2D eigenvalue weighted by Crippen LogP contribution is -2.39. The summed E-state index contributed by atoms with van der Waals surface area (Å²) < 4.78 is 19.6. The van der Waals surface area contributed by atoms with Crippen LogP contribution in [0.1, 0.15) is 37.9 Å². The topological polar surface area (TPSA) is 85.3 Å². The van der Waals surface area contributed by atoms with E-state index in [2.05, 4.69) is 31.1 Å². The molecule has 1 aliphatic carbocycles. The van der Waals surface area contributed by atoms with E-state index in [1.54, 1.807) is 12.3 Å². The van der Waals surface area contributed by atoms with Crippen LogP contribution in [-0.4, -0.2) is 53.4 Å². The summed E-state index contributed by atoms with van der Waals surface area (Å²) in [7, 11) is 1.00. The van der Waals surface area contributed by atoms with E-state index in [1.165, 1.54) is 0 Å². The quantitative estimate of drug-likeness (QED) is 0.756. The number of nitriles is 1. The number of fused-ring (bicyclic) bond motifs is 1. The van der Waals surface area contributed by atoms with E-state index < -0.39 is 6.17 Å². The lowest BCUT2D eigenvalue weighted by Gasteiger charge is -2.35. The fourth-order valence-corrected chi connectivity index (χ4v) is 4.52. The number of pyridine rings is 1. The Morgan fingerprint density at radius 3 is 2.70 bits per heavy atom. The summed E-state index contributed by atoms with van der Waals surface area (Å²) in [4.78, 5) is 6.75. The summed E-state index contributed by atoms with van der Waals surface area (Å²) in [6, 6.07) is 4.62. The van der Waals surface area contributed by atoms with Gasteiger partial charge >= 0.3 is 0 Å². The maximum Gasteiger partial charge on any atom is 0.204 e.